The van der Waals surface area contributed by atoms with Crippen LogP contribution in [0, 0.1) is 0 Å². The molecule has 0 aromatic heterocycles. The molecule has 1 aliphatic carbocycles. The fraction of sp³-hybridized carbons (Fsp3) is 1.00. The zero-order valence-electron chi connectivity index (χ0n) is 9.74. The van der Waals surface area contributed by atoms with Crippen molar-refractivity contribution in [3.8, 4) is 0 Å². The van der Waals surface area contributed by atoms with Crippen LogP contribution in [0.25, 0.3) is 0 Å². The first-order valence-electron chi connectivity index (χ1n) is 6.36. The van der Waals surface area contributed by atoms with Crippen LogP contribution >= 0.6 is 0 Å². The monoisotopic (exact) mass is 213 g/mol. The Morgan fingerprint density at radius 2 is 1.80 bits per heavy atom. The zero-order chi connectivity index (χ0) is 10.7. The van der Waals surface area contributed by atoms with Crippen LogP contribution in [0.3, 0.4) is 0 Å². The van der Waals surface area contributed by atoms with Crippen molar-refractivity contribution in [2.45, 2.75) is 63.9 Å². The molecular weight excluding hydrogens is 190 g/mol. The maximum atomic E-state index is 10.0. The smallest absolute Gasteiger partial charge is 0.216 e. The van der Waals surface area contributed by atoms with E-state index < -0.39 is 6.41 Å². The minimum absolute atomic E-state index is 0.0258. The summed E-state index contributed by atoms with van der Waals surface area (Å²) in [5.74, 6) is 0. The minimum Gasteiger partial charge on any atom is -0.356 e. The Hall–Kier alpha value is -0.120. The minimum atomic E-state index is -0.662. The van der Waals surface area contributed by atoms with Crippen molar-refractivity contribution in [2.75, 3.05) is 13.1 Å². The molecule has 1 N–H and O–H groups in total. The van der Waals surface area contributed by atoms with Gasteiger partial charge in [0.05, 0.1) is 5.60 Å². The summed E-state index contributed by atoms with van der Waals surface area (Å²) in [6.45, 7) is 4.14. The van der Waals surface area contributed by atoms with Gasteiger partial charge in [0.25, 0.3) is 0 Å². The van der Waals surface area contributed by atoms with E-state index in [1.54, 1.807) is 0 Å². The van der Waals surface area contributed by atoms with Gasteiger partial charge in [-0.1, -0.05) is 19.8 Å². The summed E-state index contributed by atoms with van der Waals surface area (Å²) in [5.41, 5.74) is -0.0258. The van der Waals surface area contributed by atoms with Crippen LogP contribution in [0.4, 0.5) is 0 Å². The number of rotatable bonds is 4. The Bertz CT molecular complexity index is 196. The third-order valence-electron chi connectivity index (χ3n) is 3.97. The van der Waals surface area contributed by atoms with Crippen LogP contribution in [0.1, 0.15) is 51.9 Å². The number of hydrogen-bond acceptors (Lipinski definition) is 3. The van der Waals surface area contributed by atoms with Crippen LogP contribution in [-0.4, -0.2) is 35.1 Å². The predicted molar refractivity (Wildman–Crippen MR) is 59.4 cm³/mol. The predicted octanol–water partition coefficient (Wildman–Crippen LogP) is 2.10. The van der Waals surface area contributed by atoms with Gasteiger partial charge in [0.15, 0.2) is 0 Å². The SMILES string of the molecule is CCC1(O[C@H](O)N2CCCC2)CCCC1. The van der Waals surface area contributed by atoms with Crippen LogP contribution in [0.2, 0.25) is 0 Å². The van der Waals surface area contributed by atoms with Gasteiger partial charge in [-0.2, -0.15) is 0 Å². The van der Waals surface area contributed by atoms with Gasteiger partial charge in [0.2, 0.25) is 6.41 Å². The Morgan fingerprint density at radius 3 is 2.33 bits per heavy atom. The molecule has 1 heterocycles. The molecule has 1 aliphatic heterocycles. The van der Waals surface area contributed by atoms with E-state index in [-0.39, 0.29) is 5.60 Å². The summed E-state index contributed by atoms with van der Waals surface area (Å²) >= 11 is 0. The van der Waals surface area contributed by atoms with E-state index in [0.29, 0.717) is 0 Å². The topological polar surface area (TPSA) is 32.7 Å². The van der Waals surface area contributed by atoms with Gasteiger partial charge in [-0.3, -0.25) is 4.90 Å². The lowest BCUT2D eigenvalue weighted by atomic mass is 9.99. The third kappa shape index (κ3) is 2.52. The average molecular weight is 213 g/mol. The average Bonchev–Trinajstić information content (AvgIpc) is 2.88. The first kappa shape index (κ1) is 11.4. The molecule has 0 radical (unpaired) electrons. The summed E-state index contributed by atoms with van der Waals surface area (Å²) in [6, 6.07) is 0. The van der Waals surface area contributed by atoms with Crippen LogP contribution in [0.5, 0.6) is 0 Å². The Balaban J connectivity index is 1.88. The Labute approximate surface area is 92.4 Å². The second kappa shape index (κ2) is 4.81. The van der Waals surface area contributed by atoms with Crippen molar-refractivity contribution in [1.29, 1.82) is 0 Å². The zero-order valence-corrected chi connectivity index (χ0v) is 9.74. The van der Waals surface area contributed by atoms with Crippen molar-refractivity contribution in [3.05, 3.63) is 0 Å². The highest BCUT2D eigenvalue weighted by molar-refractivity contribution is 4.85. The van der Waals surface area contributed by atoms with Crippen molar-refractivity contribution in [1.82, 2.24) is 4.90 Å². The molecule has 3 heteroatoms. The number of aliphatic hydroxyl groups is 1. The lowest BCUT2D eigenvalue weighted by molar-refractivity contribution is -0.247. The van der Waals surface area contributed by atoms with E-state index in [0.717, 1.165) is 32.4 Å². The van der Waals surface area contributed by atoms with Gasteiger partial charge in [-0.25, -0.2) is 0 Å². The highest BCUT2D eigenvalue weighted by Gasteiger charge is 2.36. The van der Waals surface area contributed by atoms with Crippen molar-refractivity contribution in [3.63, 3.8) is 0 Å². The summed E-state index contributed by atoms with van der Waals surface area (Å²) in [5, 5.41) is 10.0. The number of nitrogens with zero attached hydrogens (tertiary/aromatic N) is 1. The molecular formula is C12H23NO2. The second-order valence-electron chi connectivity index (χ2n) is 4.93. The quantitative estimate of drug-likeness (QED) is 0.726. The van der Waals surface area contributed by atoms with E-state index in [1.807, 2.05) is 0 Å². The van der Waals surface area contributed by atoms with Gasteiger partial charge in [-0.05, 0) is 32.1 Å². The van der Waals surface area contributed by atoms with E-state index in [9.17, 15) is 5.11 Å². The Kier molecular flexibility index (Phi) is 3.65. The molecule has 88 valence electrons. The lowest BCUT2D eigenvalue weighted by Crippen LogP contribution is -2.42. The third-order valence-corrected chi connectivity index (χ3v) is 3.97. The summed E-state index contributed by atoms with van der Waals surface area (Å²) in [4.78, 5) is 2.05. The summed E-state index contributed by atoms with van der Waals surface area (Å²) < 4.78 is 5.91. The lowest BCUT2D eigenvalue weighted by Gasteiger charge is -2.34. The van der Waals surface area contributed by atoms with Gasteiger partial charge < -0.3 is 9.84 Å². The molecule has 0 aromatic rings. The van der Waals surface area contributed by atoms with Crippen LogP contribution in [0.15, 0.2) is 0 Å². The fourth-order valence-electron chi connectivity index (χ4n) is 2.83. The number of hydrogen-bond donors (Lipinski definition) is 1. The molecule has 0 aromatic carbocycles. The van der Waals surface area contributed by atoms with Crippen molar-refractivity contribution >= 4 is 0 Å². The number of likely N-dealkylation sites (tertiary alicyclic amines) is 1. The standard InChI is InChI=1S/C12H23NO2/c1-2-12(7-3-4-8-12)15-11(14)13-9-5-6-10-13/h11,14H,2-10H2,1H3/t11-/m0/s1. The van der Waals surface area contributed by atoms with Crippen LogP contribution < -0.4 is 0 Å². The molecule has 2 fully saturated rings. The molecule has 1 atom stereocenters. The normalized spacial score (nSPS) is 28.4. The molecule has 2 rings (SSSR count). The van der Waals surface area contributed by atoms with E-state index >= 15 is 0 Å². The van der Waals surface area contributed by atoms with Crippen LogP contribution in [-0.2, 0) is 4.74 Å². The molecule has 0 unspecified atom stereocenters. The highest BCUT2D eigenvalue weighted by Crippen LogP contribution is 2.37. The second-order valence-corrected chi connectivity index (χ2v) is 4.93. The van der Waals surface area contributed by atoms with E-state index in [2.05, 4.69) is 11.8 Å². The van der Waals surface area contributed by atoms with Gasteiger partial charge >= 0.3 is 0 Å². The molecule has 1 saturated heterocycles. The molecule has 1 saturated carbocycles. The largest absolute Gasteiger partial charge is 0.356 e. The van der Waals surface area contributed by atoms with Crippen molar-refractivity contribution in [2.24, 2.45) is 0 Å². The summed E-state index contributed by atoms with van der Waals surface area (Å²) in [6.07, 6.45) is 7.49. The molecule has 15 heavy (non-hydrogen) atoms. The van der Waals surface area contributed by atoms with E-state index in [4.69, 9.17) is 4.74 Å². The molecule has 0 amide bonds. The maximum absolute atomic E-state index is 10.0. The number of ether oxygens (including phenoxy) is 1. The first-order valence-corrected chi connectivity index (χ1v) is 6.36. The number of aliphatic hydroxyl groups excluding tert-OH is 1. The molecule has 3 nitrogen and oxygen atoms in total. The highest BCUT2D eigenvalue weighted by atomic mass is 16.6. The van der Waals surface area contributed by atoms with Gasteiger partial charge in [-0.15, -0.1) is 0 Å². The maximum Gasteiger partial charge on any atom is 0.216 e. The molecule has 0 bridgehead atoms. The Morgan fingerprint density at radius 1 is 1.20 bits per heavy atom. The van der Waals surface area contributed by atoms with Crippen molar-refractivity contribution < 1.29 is 9.84 Å². The van der Waals surface area contributed by atoms with Gasteiger partial charge in [0, 0.05) is 13.1 Å². The molecule has 2 aliphatic rings. The summed E-state index contributed by atoms with van der Waals surface area (Å²) in [7, 11) is 0. The fourth-order valence-corrected chi connectivity index (χ4v) is 2.83. The molecule has 0 spiro atoms. The first-order chi connectivity index (χ1) is 7.26. The van der Waals surface area contributed by atoms with Gasteiger partial charge in [0.1, 0.15) is 0 Å². The van der Waals surface area contributed by atoms with E-state index in [1.165, 1.54) is 25.7 Å².